The van der Waals surface area contributed by atoms with Crippen LogP contribution in [-0.4, -0.2) is 35.8 Å². The SMILES string of the molecule is COc1ccc(-c2cn(CCCN)nn2)c(OC)c1. The Bertz CT molecular complexity index is 539. The molecule has 0 saturated carbocycles. The molecular weight excluding hydrogens is 244 g/mol. The predicted octanol–water partition coefficient (Wildman–Crippen LogP) is 1.31. The van der Waals surface area contributed by atoms with Crippen molar-refractivity contribution in [3.63, 3.8) is 0 Å². The molecule has 1 heterocycles. The first-order valence-electron chi connectivity index (χ1n) is 6.11. The number of aryl methyl sites for hydroxylation is 1. The fourth-order valence-electron chi connectivity index (χ4n) is 1.79. The summed E-state index contributed by atoms with van der Waals surface area (Å²) in [6.07, 6.45) is 2.77. The van der Waals surface area contributed by atoms with Crippen LogP contribution in [0.1, 0.15) is 6.42 Å². The molecule has 2 N–H and O–H groups in total. The molecule has 0 saturated heterocycles. The van der Waals surface area contributed by atoms with E-state index in [0.29, 0.717) is 12.3 Å². The van der Waals surface area contributed by atoms with Gasteiger partial charge in [0.1, 0.15) is 17.2 Å². The third kappa shape index (κ3) is 3.03. The van der Waals surface area contributed by atoms with Gasteiger partial charge in [0.05, 0.1) is 20.4 Å². The summed E-state index contributed by atoms with van der Waals surface area (Å²) in [5, 5.41) is 8.23. The average molecular weight is 262 g/mol. The predicted molar refractivity (Wildman–Crippen MR) is 72.2 cm³/mol. The van der Waals surface area contributed by atoms with Crippen LogP contribution in [-0.2, 0) is 6.54 Å². The van der Waals surface area contributed by atoms with Gasteiger partial charge in [-0.2, -0.15) is 0 Å². The highest BCUT2D eigenvalue weighted by Crippen LogP contribution is 2.31. The van der Waals surface area contributed by atoms with Gasteiger partial charge < -0.3 is 15.2 Å². The van der Waals surface area contributed by atoms with Gasteiger partial charge in [-0.3, -0.25) is 4.68 Å². The first-order valence-corrected chi connectivity index (χ1v) is 6.11. The molecule has 0 amide bonds. The van der Waals surface area contributed by atoms with Crippen LogP contribution < -0.4 is 15.2 Å². The van der Waals surface area contributed by atoms with E-state index in [-0.39, 0.29) is 0 Å². The quantitative estimate of drug-likeness (QED) is 0.849. The Labute approximate surface area is 112 Å². The summed E-state index contributed by atoms with van der Waals surface area (Å²) >= 11 is 0. The second-order valence-corrected chi connectivity index (χ2v) is 4.08. The fraction of sp³-hybridized carbons (Fsp3) is 0.385. The van der Waals surface area contributed by atoms with E-state index in [2.05, 4.69) is 10.3 Å². The Balaban J connectivity index is 2.27. The number of nitrogens with two attached hydrogens (primary N) is 1. The molecular formula is C13H18N4O2. The molecule has 0 aliphatic heterocycles. The highest BCUT2D eigenvalue weighted by atomic mass is 16.5. The summed E-state index contributed by atoms with van der Waals surface area (Å²) in [6, 6.07) is 5.61. The fourth-order valence-corrected chi connectivity index (χ4v) is 1.79. The number of hydrogen-bond donors (Lipinski definition) is 1. The number of methoxy groups -OCH3 is 2. The van der Waals surface area contributed by atoms with Crippen LogP contribution in [0, 0.1) is 0 Å². The van der Waals surface area contributed by atoms with Crippen LogP contribution in [0.4, 0.5) is 0 Å². The van der Waals surface area contributed by atoms with Gasteiger partial charge in [0.25, 0.3) is 0 Å². The molecule has 0 aliphatic carbocycles. The van der Waals surface area contributed by atoms with Crippen LogP contribution in [0.15, 0.2) is 24.4 Å². The van der Waals surface area contributed by atoms with Gasteiger partial charge in [-0.25, -0.2) is 0 Å². The standard InChI is InChI=1S/C13H18N4O2/c1-18-10-4-5-11(13(8-10)19-2)12-9-17(16-15-12)7-3-6-14/h4-5,8-9H,3,6-7,14H2,1-2H3. The largest absolute Gasteiger partial charge is 0.497 e. The van der Waals surface area contributed by atoms with Crippen LogP contribution in [0.5, 0.6) is 11.5 Å². The van der Waals surface area contributed by atoms with Crippen LogP contribution in [0.2, 0.25) is 0 Å². The minimum atomic E-state index is 0.640. The van der Waals surface area contributed by atoms with E-state index in [1.54, 1.807) is 18.9 Å². The summed E-state index contributed by atoms with van der Waals surface area (Å²) in [7, 11) is 3.24. The van der Waals surface area contributed by atoms with Crippen LogP contribution in [0.3, 0.4) is 0 Å². The average Bonchev–Trinajstić information content (AvgIpc) is 2.92. The summed E-state index contributed by atoms with van der Waals surface area (Å²) in [4.78, 5) is 0. The minimum absolute atomic E-state index is 0.640. The van der Waals surface area contributed by atoms with Gasteiger partial charge >= 0.3 is 0 Å². The molecule has 0 atom stereocenters. The second-order valence-electron chi connectivity index (χ2n) is 4.08. The molecule has 102 valence electrons. The van der Waals surface area contributed by atoms with E-state index in [4.69, 9.17) is 15.2 Å². The zero-order valence-corrected chi connectivity index (χ0v) is 11.2. The lowest BCUT2D eigenvalue weighted by Crippen LogP contribution is -2.06. The normalized spacial score (nSPS) is 10.5. The molecule has 0 aliphatic rings. The van der Waals surface area contributed by atoms with E-state index >= 15 is 0 Å². The molecule has 0 radical (unpaired) electrons. The first-order chi connectivity index (χ1) is 9.28. The number of benzene rings is 1. The monoisotopic (exact) mass is 262 g/mol. The van der Waals surface area contributed by atoms with E-state index in [1.165, 1.54) is 0 Å². The van der Waals surface area contributed by atoms with Gasteiger partial charge in [-0.05, 0) is 25.1 Å². The third-order valence-electron chi connectivity index (χ3n) is 2.81. The summed E-state index contributed by atoms with van der Waals surface area (Å²) in [5.74, 6) is 1.46. The number of nitrogens with zero attached hydrogens (tertiary/aromatic N) is 3. The zero-order chi connectivity index (χ0) is 13.7. The van der Waals surface area contributed by atoms with E-state index < -0.39 is 0 Å². The maximum atomic E-state index is 5.48. The molecule has 6 nitrogen and oxygen atoms in total. The van der Waals surface area contributed by atoms with Gasteiger partial charge in [-0.1, -0.05) is 5.21 Å². The molecule has 6 heteroatoms. The van der Waals surface area contributed by atoms with Gasteiger partial charge in [-0.15, -0.1) is 5.10 Å². The molecule has 1 aromatic carbocycles. The molecule has 2 rings (SSSR count). The Morgan fingerprint density at radius 3 is 2.79 bits per heavy atom. The van der Waals surface area contributed by atoms with Crippen molar-refractivity contribution in [1.82, 2.24) is 15.0 Å². The lowest BCUT2D eigenvalue weighted by molar-refractivity contribution is 0.395. The topological polar surface area (TPSA) is 75.2 Å². The van der Waals surface area contributed by atoms with Crippen molar-refractivity contribution in [3.8, 4) is 22.8 Å². The molecule has 0 fully saturated rings. The van der Waals surface area contributed by atoms with E-state index in [0.717, 1.165) is 30.0 Å². The Morgan fingerprint density at radius 2 is 2.11 bits per heavy atom. The summed E-state index contributed by atoms with van der Waals surface area (Å²) in [5.41, 5.74) is 7.14. The number of hydrogen-bond acceptors (Lipinski definition) is 5. The number of ether oxygens (including phenoxy) is 2. The van der Waals surface area contributed by atoms with E-state index in [9.17, 15) is 0 Å². The zero-order valence-electron chi connectivity index (χ0n) is 11.2. The first kappa shape index (κ1) is 13.4. The van der Waals surface area contributed by atoms with Crippen LogP contribution >= 0.6 is 0 Å². The van der Waals surface area contributed by atoms with Crippen LogP contribution in [0.25, 0.3) is 11.3 Å². The van der Waals surface area contributed by atoms with Crippen molar-refractivity contribution in [3.05, 3.63) is 24.4 Å². The molecule has 0 unspecified atom stereocenters. The Kier molecular flexibility index (Phi) is 4.35. The highest BCUT2D eigenvalue weighted by molar-refractivity contribution is 5.67. The van der Waals surface area contributed by atoms with Crippen molar-refractivity contribution in [2.45, 2.75) is 13.0 Å². The number of aromatic nitrogens is 3. The summed E-state index contributed by atoms with van der Waals surface area (Å²) < 4.78 is 12.3. The van der Waals surface area contributed by atoms with Gasteiger partial charge in [0.15, 0.2) is 0 Å². The third-order valence-corrected chi connectivity index (χ3v) is 2.81. The highest BCUT2D eigenvalue weighted by Gasteiger charge is 2.11. The molecule has 19 heavy (non-hydrogen) atoms. The molecule has 1 aromatic heterocycles. The van der Waals surface area contributed by atoms with Crippen molar-refractivity contribution in [2.24, 2.45) is 5.73 Å². The minimum Gasteiger partial charge on any atom is -0.497 e. The lowest BCUT2D eigenvalue weighted by atomic mass is 10.1. The molecule has 2 aromatic rings. The Morgan fingerprint density at radius 1 is 1.26 bits per heavy atom. The lowest BCUT2D eigenvalue weighted by Gasteiger charge is -2.07. The van der Waals surface area contributed by atoms with E-state index in [1.807, 2.05) is 24.4 Å². The van der Waals surface area contributed by atoms with Gasteiger partial charge in [0.2, 0.25) is 0 Å². The molecule has 0 spiro atoms. The maximum absolute atomic E-state index is 5.48. The maximum Gasteiger partial charge on any atom is 0.132 e. The second kappa shape index (κ2) is 6.19. The van der Waals surface area contributed by atoms with Crippen molar-refractivity contribution in [2.75, 3.05) is 20.8 Å². The van der Waals surface area contributed by atoms with Crippen molar-refractivity contribution < 1.29 is 9.47 Å². The molecule has 0 bridgehead atoms. The van der Waals surface area contributed by atoms with Crippen molar-refractivity contribution >= 4 is 0 Å². The number of rotatable bonds is 6. The van der Waals surface area contributed by atoms with Gasteiger partial charge in [0, 0.05) is 18.2 Å². The summed E-state index contributed by atoms with van der Waals surface area (Å²) in [6.45, 7) is 1.41. The van der Waals surface area contributed by atoms with Crippen molar-refractivity contribution in [1.29, 1.82) is 0 Å². The Hall–Kier alpha value is -2.08. The smallest absolute Gasteiger partial charge is 0.132 e.